The van der Waals surface area contributed by atoms with Crippen molar-refractivity contribution in [3.63, 3.8) is 0 Å². The molecule has 0 spiro atoms. The van der Waals surface area contributed by atoms with Gasteiger partial charge in [0.25, 0.3) is 0 Å². The van der Waals surface area contributed by atoms with Crippen LogP contribution in [0.1, 0.15) is 33.4 Å². The fourth-order valence-electron chi connectivity index (χ4n) is 14.5. The van der Waals surface area contributed by atoms with Gasteiger partial charge in [0.2, 0.25) is 0 Å². The molecule has 1 aromatic heterocycles. The molecule has 6 aromatic rings. The molecule has 0 aliphatic heterocycles. The van der Waals surface area contributed by atoms with Gasteiger partial charge in [-0.3, -0.25) is 0 Å². The van der Waals surface area contributed by atoms with Gasteiger partial charge in [-0.05, 0) is 102 Å². The number of aryl methyl sites for hydroxylation is 2. The zero-order valence-corrected chi connectivity index (χ0v) is 89.7. The maximum Gasteiger partial charge on any atom is 0.123 e. The van der Waals surface area contributed by atoms with Crippen LogP contribution in [0.2, 0.25) is 0 Å². The van der Waals surface area contributed by atoms with Gasteiger partial charge in [0.05, 0.1) is 435 Å². The molecule has 148 heavy (non-hydrogen) atoms. The minimum atomic E-state index is -0.733. The number of methoxy groups -OCH3 is 4. The number of aromatic nitrogens is 2. The average Bonchev–Trinajstić information content (AvgIpc) is 1.55. The van der Waals surface area contributed by atoms with Crippen molar-refractivity contribution in [2.45, 2.75) is 32.1 Å². The van der Waals surface area contributed by atoms with E-state index in [0.717, 1.165) is 61.1 Å². The zero-order chi connectivity index (χ0) is 104. The summed E-state index contributed by atoms with van der Waals surface area (Å²) in [6.07, 6.45) is 1.02. The summed E-state index contributed by atoms with van der Waals surface area (Å²) < 4.78 is 226. The molecule has 1 atom stereocenters. The Morgan fingerprint density at radius 2 is 0.378 bits per heavy atom. The molecule has 5 aromatic carbocycles. The van der Waals surface area contributed by atoms with Gasteiger partial charge in [0.1, 0.15) is 60.5 Å². The van der Waals surface area contributed by atoms with Crippen LogP contribution in [0, 0.1) is 13.8 Å². The Hall–Kier alpha value is -6.24. The number of rotatable bonds is 111. The van der Waals surface area contributed by atoms with E-state index in [-0.39, 0.29) is 19.8 Å². The van der Waals surface area contributed by atoms with E-state index in [1.54, 1.807) is 28.4 Å². The first-order chi connectivity index (χ1) is 73.3. The lowest BCUT2D eigenvalue weighted by Gasteiger charge is -2.34. The molecule has 1 aliphatic rings. The zero-order valence-electron chi connectivity index (χ0n) is 88.9. The lowest BCUT2D eigenvalue weighted by Crippen LogP contribution is -2.31. The fourth-order valence-corrected chi connectivity index (χ4v) is 15.1. The number of ether oxygens (including phenoxy) is 38. The van der Waals surface area contributed by atoms with E-state index in [4.69, 9.17) is 189 Å². The fraction of sp³-hybridized carbons (Fsp3) is 0.720. The van der Waals surface area contributed by atoms with E-state index in [1.807, 2.05) is 12.1 Å². The van der Waals surface area contributed by atoms with E-state index in [1.165, 1.54) is 17.3 Å². The first kappa shape index (κ1) is 129. The predicted molar refractivity (Wildman–Crippen MR) is 553 cm³/mol. The highest BCUT2D eigenvalue weighted by Gasteiger charge is 2.44. The number of hydrogen-bond acceptors (Lipinski definition) is 41. The molecule has 0 amide bonds. The van der Waals surface area contributed by atoms with Crippen molar-refractivity contribution in [2.24, 2.45) is 0 Å². The summed E-state index contributed by atoms with van der Waals surface area (Å²) in [6.45, 7) is 34.6. The smallest absolute Gasteiger partial charge is 0.123 e. The summed E-state index contributed by atoms with van der Waals surface area (Å²) in [6, 6.07) is 30.2. The quantitative estimate of drug-likeness (QED) is 0.0321. The highest BCUT2D eigenvalue weighted by atomic mass is 32.1. The minimum absolute atomic E-state index is 0.252. The monoisotopic (exact) mass is 2130 g/mol. The van der Waals surface area contributed by atoms with E-state index in [0.29, 0.717) is 465 Å². The van der Waals surface area contributed by atoms with Gasteiger partial charge >= 0.3 is 0 Å². The summed E-state index contributed by atoms with van der Waals surface area (Å²) in [4.78, 5) is 0. The van der Waals surface area contributed by atoms with Gasteiger partial charge in [0.15, 0.2) is 0 Å². The third kappa shape index (κ3) is 62.9. The molecule has 0 saturated carbocycles. The predicted octanol–water partition coefficient (Wildman–Crippen LogP) is 9.33. The van der Waals surface area contributed by atoms with E-state index >= 15 is 0 Å². The number of hydrogen-bond donors (Lipinski definition) is 0. The molecule has 1 aliphatic carbocycles. The second-order valence-corrected chi connectivity index (χ2v) is 33.5. The van der Waals surface area contributed by atoms with E-state index in [2.05, 4.69) is 86.6 Å². The summed E-state index contributed by atoms with van der Waals surface area (Å²) in [5.74, 6) is 2.48. The lowest BCUT2D eigenvalue weighted by atomic mass is 9.69. The maximum absolute atomic E-state index is 6.65. The van der Waals surface area contributed by atoms with Crippen molar-refractivity contribution in [1.29, 1.82) is 0 Å². The van der Waals surface area contributed by atoms with Gasteiger partial charge in [-0.1, -0.05) is 48.0 Å². The van der Waals surface area contributed by atoms with Crippen molar-refractivity contribution in [3.05, 3.63) is 118 Å². The molecule has 41 heteroatoms. The number of nitrogens with zero attached hydrogens (tertiary/aromatic N) is 2. The van der Waals surface area contributed by atoms with Crippen LogP contribution in [0.15, 0.2) is 84.9 Å². The Bertz CT molecular complexity index is 3970. The van der Waals surface area contributed by atoms with Gasteiger partial charge in [-0.2, -0.15) is 8.75 Å². The second-order valence-electron chi connectivity index (χ2n) is 33.0. The van der Waals surface area contributed by atoms with Gasteiger partial charge in [0, 0.05) is 51.6 Å². The van der Waals surface area contributed by atoms with Crippen LogP contribution < -0.4 is 18.9 Å². The number of benzene rings is 5. The normalized spacial score (nSPS) is 12.9. The lowest BCUT2D eigenvalue weighted by molar-refractivity contribution is -0.0273. The second kappa shape index (κ2) is 92.1. The van der Waals surface area contributed by atoms with Crippen LogP contribution in [-0.4, -0.2) is 486 Å². The van der Waals surface area contributed by atoms with Crippen molar-refractivity contribution in [2.75, 3.05) is 478 Å². The largest absolute Gasteiger partial charge is 0.491 e. The molecular formula is C107H172N2O38S. The van der Waals surface area contributed by atoms with Crippen LogP contribution in [-0.2, 0) is 179 Å². The van der Waals surface area contributed by atoms with Crippen LogP contribution in [0.4, 0.5) is 0 Å². The van der Waals surface area contributed by atoms with Crippen LogP contribution in [0.5, 0.6) is 23.0 Å². The number of fused-ring (bicyclic) bond motifs is 4. The van der Waals surface area contributed by atoms with Crippen LogP contribution in [0.25, 0.3) is 33.3 Å². The minimum Gasteiger partial charge on any atom is -0.491 e. The SMILES string of the molecule is COCCOCCOCCOCCOCCOCCOCCOCCOCCOCCOCCOc1cc(CC2(Cc3cc(OCCOCCOCCOCCOCCOCCOCCOCCOCCOCCOCCOC)cc(OCCOCCOCCOCCOCCOCCOCCOCCOCCOCCOCCOC)c3)c3cc(C)ccc3-c3ccc(-c4ccc(C)c5nsnc45)cc32)cc(OCCOC)c1. The molecule has 40 nitrogen and oxygen atoms in total. The molecule has 0 bridgehead atoms. The standard InChI is InChI=1S/C107H172N2O38S/c1-91-7-10-101-102-12-9-95(100-11-8-92(2)105-106(100)109-148-108-105)86-104(102)107(103(101)81-91,89-93-82-96(144-77-16-113-6)87-97(83-93)145-78-74-141-71-68-138-65-62-135-59-56-132-53-50-129-47-44-126-41-38-123-35-32-120-29-26-117-23-20-114-17-13-110-3)90-94-84-98(146-79-75-142-72-69-139-66-63-136-60-57-133-54-51-130-48-45-127-42-39-124-36-33-121-30-27-118-24-21-115-18-14-111-4)88-99(85-94)147-80-76-143-73-70-140-67-64-137-61-58-134-55-52-131-49-46-128-43-40-125-37-34-122-31-28-119-25-22-116-19-15-112-5/h7-12,81-88H,13-80,89-90H2,1-6H3. The Labute approximate surface area is 880 Å². The molecular weight excluding hydrogens is 1950 g/mol. The molecule has 7 rings (SSSR count). The maximum atomic E-state index is 6.65. The average molecular weight is 2130 g/mol. The summed E-state index contributed by atoms with van der Waals surface area (Å²) in [5.41, 5.74) is 11.7. The third-order valence-electron chi connectivity index (χ3n) is 21.7. The van der Waals surface area contributed by atoms with Crippen molar-refractivity contribution < 1.29 is 180 Å². The molecule has 1 unspecified atom stereocenters. The molecule has 0 saturated heterocycles. The molecule has 0 N–H and O–H groups in total. The highest BCUT2D eigenvalue weighted by Crippen LogP contribution is 2.54. The Morgan fingerprint density at radius 3 is 0.615 bits per heavy atom. The molecule has 0 radical (unpaired) electrons. The summed E-state index contributed by atoms with van der Waals surface area (Å²) in [5, 5.41) is 0. The third-order valence-corrected chi connectivity index (χ3v) is 22.2. The Kier molecular flexibility index (Phi) is 80.1. The van der Waals surface area contributed by atoms with Crippen LogP contribution >= 0.6 is 11.7 Å². The Morgan fingerprint density at radius 1 is 0.189 bits per heavy atom. The molecule has 844 valence electrons. The first-order valence-electron chi connectivity index (χ1n) is 51.9. The topological polar surface area (TPSA) is 377 Å². The van der Waals surface area contributed by atoms with Gasteiger partial charge in [-0.25, -0.2) is 0 Å². The van der Waals surface area contributed by atoms with Crippen LogP contribution in [0.3, 0.4) is 0 Å². The van der Waals surface area contributed by atoms with E-state index in [9.17, 15) is 0 Å². The van der Waals surface area contributed by atoms with Gasteiger partial charge < -0.3 is 180 Å². The van der Waals surface area contributed by atoms with Gasteiger partial charge in [-0.15, -0.1) is 0 Å². The van der Waals surface area contributed by atoms with Crippen molar-refractivity contribution in [3.8, 4) is 45.3 Å². The van der Waals surface area contributed by atoms with Crippen molar-refractivity contribution >= 4 is 22.8 Å². The summed E-state index contributed by atoms with van der Waals surface area (Å²) in [7, 11) is 6.59. The summed E-state index contributed by atoms with van der Waals surface area (Å²) >= 11 is 1.22. The molecule has 0 fully saturated rings. The highest BCUT2D eigenvalue weighted by molar-refractivity contribution is 7.00. The van der Waals surface area contributed by atoms with E-state index < -0.39 is 5.41 Å². The molecule has 1 heterocycles. The van der Waals surface area contributed by atoms with Crippen molar-refractivity contribution in [1.82, 2.24) is 8.75 Å². The first-order valence-corrected chi connectivity index (χ1v) is 52.6. The Balaban J connectivity index is 0.868.